The van der Waals surface area contributed by atoms with E-state index in [1.807, 2.05) is 0 Å². The van der Waals surface area contributed by atoms with Crippen molar-refractivity contribution in [3.63, 3.8) is 0 Å². The van der Waals surface area contributed by atoms with Gasteiger partial charge in [0.1, 0.15) is 47.1 Å². The molecule has 33 heteroatoms. The molecule has 0 atom stereocenters. The monoisotopic (exact) mass is 1130 g/mol. The van der Waals surface area contributed by atoms with Crippen molar-refractivity contribution in [2.75, 3.05) is 125 Å². The molecule has 0 amide bonds. The predicted molar refractivity (Wildman–Crippen MR) is 307 cm³/mol. The Labute approximate surface area is 468 Å². The van der Waals surface area contributed by atoms with Gasteiger partial charge in [0.15, 0.2) is 5.16 Å². The van der Waals surface area contributed by atoms with Crippen LogP contribution in [0.2, 0.25) is 0 Å². The van der Waals surface area contributed by atoms with Gasteiger partial charge in [-0.1, -0.05) is 18.7 Å². The second-order valence-electron chi connectivity index (χ2n) is 17.3. The Hall–Kier alpha value is -7.65. The normalized spacial score (nSPS) is 11.1. The van der Waals surface area contributed by atoms with Crippen molar-refractivity contribution >= 4 is 83.9 Å². The van der Waals surface area contributed by atoms with Gasteiger partial charge < -0.3 is 64.8 Å². The second-order valence-corrected chi connectivity index (χ2v) is 19.0. The van der Waals surface area contributed by atoms with Crippen LogP contribution in [0, 0.1) is 6.92 Å². The highest BCUT2D eigenvalue weighted by Crippen LogP contribution is 2.16. The number of aromatic nitrogens is 18. The Morgan fingerprint density at radius 1 is 0.468 bits per heavy atom. The van der Waals surface area contributed by atoms with Gasteiger partial charge in [-0.3, -0.25) is 4.79 Å². The molecule has 6 aromatic rings. The second kappa shape index (κ2) is 34.3. The van der Waals surface area contributed by atoms with Gasteiger partial charge in [0.2, 0.25) is 53.5 Å². The molecule has 0 aromatic carbocycles. The maximum atomic E-state index is 11.1. The zero-order chi connectivity index (χ0) is 55.9. The van der Waals surface area contributed by atoms with Crippen molar-refractivity contribution in [3.8, 4) is 0 Å². The number of nitrogens with one attached hydrogen (secondary N) is 8. The van der Waals surface area contributed by atoms with Crippen molar-refractivity contribution < 1.29 is 9.90 Å². The molecular formula is C46H73N29O2S2. The van der Waals surface area contributed by atoms with E-state index >= 15 is 0 Å². The number of hydrogen-bond donors (Lipinski definition) is 13. The van der Waals surface area contributed by atoms with Gasteiger partial charge in [-0.05, 0) is 57.7 Å². The van der Waals surface area contributed by atoms with E-state index in [4.69, 9.17) is 32.3 Å². The van der Waals surface area contributed by atoms with Crippen molar-refractivity contribution in [2.45, 2.75) is 102 Å². The number of anilines is 9. The van der Waals surface area contributed by atoms with Gasteiger partial charge in [-0.25, -0.2) is 19.9 Å². The van der Waals surface area contributed by atoms with E-state index in [0.717, 1.165) is 24.4 Å². The lowest BCUT2D eigenvalue weighted by Gasteiger charge is -2.12. The summed E-state index contributed by atoms with van der Waals surface area (Å²) in [7, 11) is 0. The number of nitrogens with zero attached hydrogens (tertiary/aromatic N) is 18. The van der Waals surface area contributed by atoms with Gasteiger partial charge in [0, 0.05) is 103 Å². The summed E-state index contributed by atoms with van der Waals surface area (Å²) in [5, 5.41) is 35.7. The molecule has 79 heavy (non-hydrogen) atoms. The number of rotatable bonds is 40. The largest absolute Gasteiger partial charge is 0.481 e. The molecule has 0 aliphatic heterocycles. The third-order valence-electron chi connectivity index (χ3n) is 10.8. The lowest BCUT2D eigenvalue weighted by atomic mass is 10.3. The predicted octanol–water partition coefficient (Wildman–Crippen LogP) is 1.51. The lowest BCUT2D eigenvalue weighted by molar-refractivity contribution is -0.136. The van der Waals surface area contributed by atoms with E-state index < -0.39 is 5.97 Å². The highest BCUT2D eigenvalue weighted by Gasteiger charge is 2.13. The van der Waals surface area contributed by atoms with Crippen LogP contribution in [0.4, 0.5) is 53.5 Å². The van der Waals surface area contributed by atoms with Gasteiger partial charge in [0.05, 0.1) is 6.42 Å². The first-order valence-corrected chi connectivity index (χ1v) is 28.1. The molecular weight excluding hydrogens is 1050 g/mol. The summed E-state index contributed by atoms with van der Waals surface area (Å²) in [5.41, 5.74) is 17.3. The Kier molecular flexibility index (Phi) is 26.3. The van der Waals surface area contributed by atoms with Gasteiger partial charge in [0.25, 0.3) is 0 Å². The molecule has 0 saturated carbocycles. The van der Waals surface area contributed by atoms with Crippen LogP contribution in [0.1, 0.15) is 92.6 Å². The zero-order valence-electron chi connectivity index (χ0n) is 44.7. The van der Waals surface area contributed by atoms with Crippen molar-refractivity contribution in [1.82, 2.24) is 89.7 Å². The highest BCUT2D eigenvalue weighted by atomic mass is 32.2. The summed E-state index contributed by atoms with van der Waals surface area (Å²) in [6.07, 6.45) is 9.17. The number of thioether (sulfide) groups is 1. The maximum absolute atomic E-state index is 11.1. The van der Waals surface area contributed by atoms with E-state index in [9.17, 15) is 4.79 Å². The minimum atomic E-state index is -0.929. The molecule has 0 radical (unpaired) electrons. The number of carboxylic acid groups (broad SMARTS) is 1. The minimum Gasteiger partial charge on any atom is -0.481 e. The van der Waals surface area contributed by atoms with E-state index in [2.05, 4.69) is 142 Å². The molecule has 0 saturated heterocycles. The molecule has 0 unspecified atom stereocenters. The fraction of sp³-hybridized carbons (Fsp3) is 0.587. The minimum absolute atomic E-state index is 0.0878. The number of carbonyl (C=O) groups is 1. The average Bonchev–Trinajstić information content (AvgIpc) is 3.43. The van der Waals surface area contributed by atoms with Crippen molar-refractivity contribution in [2.24, 2.45) is 11.5 Å². The van der Waals surface area contributed by atoms with Crippen LogP contribution in [0.3, 0.4) is 0 Å². The summed E-state index contributed by atoms with van der Waals surface area (Å²) in [6.45, 7) is 8.88. The molecule has 0 bridgehead atoms. The number of nitrogens with two attached hydrogens (primary N) is 3. The summed E-state index contributed by atoms with van der Waals surface area (Å²) < 4.78 is 0. The number of aryl methyl sites for hydroxylation is 7. The van der Waals surface area contributed by atoms with E-state index in [-0.39, 0.29) is 24.9 Å². The summed E-state index contributed by atoms with van der Waals surface area (Å²) in [6, 6.07) is 0. The van der Waals surface area contributed by atoms with Crippen LogP contribution in [-0.2, 0) is 43.3 Å². The van der Waals surface area contributed by atoms with Crippen LogP contribution < -0.4 is 59.7 Å². The van der Waals surface area contributed by atoms with Gasteiger partial charge >= 0.3 is 5.97 Å². The number of carboxylic acids is 1. The number of nitrogen functional groups attached to an aromatic ring is 1. The molecule has 426 valence electrons. The van der Waals surface area contributed by atoms with Crippen LogP contribution in [0.5, 0.6) is 0 Å². The number of aliphatic carboxylic acids is 1. The summed E-state index contributed by atoms with van der Waals surface area (Å²) >= 11 is 5.92. The Morgan fingerprint density at radius 3 is 1.33 bits per heavy atom. The molecule has 6 rings (SSSR count). The summed E-state index contributed by atoms with van der Waals surface area (Å²) in [4.78, 5) is 92.1. The molecule has 0 aliphatic carbocycles. The van der Waals surface area contributed by atoms with Crippen molar-refractivity contribution in [3.05, 3.63) is 47.1 Å². The molecule has 15 N–H and O–H groups in total. The molecule has 6 heterocycles. The topological polar surface area (TPSA) is 444 Å². The first-order valence-electron chi connectivity index (χ1n) is 26.5. The molecule has 0 spiro atoms. The fourth-order valence-corrected chi connectivity index (χ4v) is 7.88. The van der Waals surface area contributed by atoms with E-state index in [1.165, 1.54) is 6.33 Å². The van der Waals surface area contributed by atoms with Crippen LogP contribution in [0.25, 0.3) is 0 Å². The molecule has 0 fully saturated rings. The SMILES string of the molecule is CCSc1nc(CCCN)nc(NCCCc2nc(NCCN)nc(NCCCc3nc(NCCS)nc(NCCCc4ncnc(NCCCc5nc(NCCCc6nc(C)nc(N)n6)nc(NCCC(=O)O)n5)n4)n3)n2)n1. The average molecular weight is 1130 g/mol. The first-order chi connectivity index (χ1) is 38.6. The zero-order valence-corrected chi connectivity index (χ0v) is 46.5. The number of hydrogen-bond acceptors (Lipinski definition) is 32. The summed E-state index contributed by atoms with van der Waals surface area (Å²) in [5.74, 6) is 8.53. The molecule has 31 nitrogen and oxygen atoms in total. The Morgan fingerprint density at radius 2 is 0.873 bits per heavy atom. The Balaban J connectivity index is 0.943. The number of thiol groups is 1. The lowest BCUT2D eigenvalue weighted by Crippen LogP contribution is -2.18. The quantitative estimate of drug-likeness (QED) is 0.0147. The maximum Gasteiger partial charge on any atom is 0.305 e. The standard InChI is InChI=1S/C46H73N29O2S2/c1-3-79-46-71-35(10-4-17-47)70-45(75-46)54-23-9-15-33-65-40(73-43(68-33)56-25-18-48)53-22-8-14-34-66-41(74-44(69-34)57-26-27-78)51-20-5-11-30-58-28-59-38(63-30)50-19-7-13-32-64-39(72-42(67-32)55-24-16-36(76)77)52-21-6-12-31-60-29(2)61-37(49)62-31/h28,78H,3-27,47-48H2,1-2H3,(H,76,77)(H2,49,60,61,62)(H,50,58,59,63)(H,54,70,71,75)(H2,51,57,66,69,74)(H2,52,55,64,67,72)(H2,53,56,65,68,73). The third kappa shape index (κ3) is 23.5. The van der Waals surface area contributed by atoms with E-state index in [1.54, 1.807) is 18.7 Å². The van der Waals surface area contributed by atoms with Crippen LogP contribution in [-0.4, -0.2) is 178 Å². The third-order valence-corrected chi connectivity index (χ3v) is 11.7. The fourth-order valence-electron chi connectivity index (χ4n) is 7.19. The van der Waals surface area contributed by atoms with Crippen molar-refractivity contribution in [1.29, 1.82) is 0 Å². The van der Waals surface area contributed by atoms with E-state index in [0.29, 0.717) is 211 Å². The van der Waals surface area contributed by atoms with Crippen LogP contribution >= 0.6 is 24.4 Å². The Bertz CT molecular complexity index is 2760. The van der Waals surface area contributed by atoms with Gasteiger partial charge in [-0.15, -0.1) is 0 Å². The molecule has 6 aromatic heterocycles. The van der Waals surface area contributed by atoms with Crippen LogP contribution in [0.15, 0.2) is 11.5 Å². The highest BCUT2D eigenvalue weighted by molar-refractivity contribution is 7.99. The smallest absolute Gasteiger partial charge is 0.305 e. The molecule has 0 aliphatic rings. The van der Waals surface area contributed by atoms with Gasteiger partial charge in [-0.2, -0.15) is 82.4 Å². The first kappa shape index (κ1) is 60.6.